The average Bonchev–Trinajstić information content (AvgIpc) is 2.90. The van der Waals surface area contributed by atoms with Crippen LogP contribution in [0.3, 0.4) is 0 Å². The summed E-state index contributed by atoms with van der Waals surface area (Å²) < 4.78 is 0. The molecule has 3 N–H and O–H groups in total. The number of anilines is 5. The number of carbonyl (C=O) groups excluding carboxylic acids is 1. The summed E-state index contributed by atoms with van der Waals surface area (Å²) in [6.07, 6.45) is 3.86. The number of nitrogens with zero attached hydrogens (tertiary/aromatic N) is 6. The Morgan fingerprint density at radius 3 is 2.49 bits per heavy atom. The molecule has 3 aromatic rings. The second kappa shape index (κ2) is 11.5. The largest absolute Gasteiger partial charge is 0.384 e. The number of hydrogen-bond donors (Lipinski definition) is 3. The Hall–Kier alpha value is -3.86. The van der Waals surface area contributed by atoms with Gasteiger partial charge in [0, 0.05) is 50.3 Å². The zero-order chi connectivity index (χ0) is 26.4. The molecule has 0 saturated carbocycles. The number of rotatable bonds is 10. The number of aliphatic hydroxyl groups is 1. The summed E-state index contributed by atoms with van der Waals surface area (Å²) >= 11 is 0. The maximum atomic E-state index is 11.9. The molecular weight excluding hydrogens is 468 g/mol. The highest BCUT2D eigenvalue weighted by Gasteiger charge is 2.22. The molecule has 10 nitrogen and oxygen atoms in total. The molecule has 1 aliphatic rings. The smallest absolute Gasteiger partial charge is 0.229 e. The molecule has 0 aliphatic carbocycles. The first-order valence-electron chi connectivity index (χ1n) is 12.3. The minimum Gasteiger partial charge on any atom is -0.384 e. The Morgan fingerprint density at radius 2 is 1.84 bits per heavy atom. The molecule has 0 radical (unpaired) electrons. The van der Waals surface area contributed by atoms with E-state index in [2.05, 4.69) is 61.3 Å². The lowest BCUT2D eigenvalue weighted by molar-refractivity contribution is 0.0739. The van der Waals surface area contributed by atoms with E-state index in [4.69, 9.17) is 0 Å². The highest BCUT2D eigenvalue weighted by Crippen LogP contribution is 2.27. The number of aromatic nitrogens is 3. The Bertz CT molecular complexity index is 1220. The Kier molecular flexibility index (Phi) is 8.12. The van der Waals surface area contributed by atoms with Gasteiger partial charge in [-0.3, -0.25) is 4.79 Å². The number of piperazine rings is 1. The molecule has 1 fully saturated rings. The van der Waals surface area contributed by atoms with Crippen LogP contribution in [-0.4, -0.2) is 71.0 Å². The van der Waals surface area contributed by atoms with E-state index in [0.717, 1.165) is 31.9 Å². The van der Waals surface area contributed by atoms with Crippen LogP contribution in [0.2, 0.25) is 0 Å². The lowest BCUT2D eigenvalue weighted by Gasteiger charge is -2.34. The van der Waals surface area contributed by atoms with Crippen molar-refractivity contribution in [2.24, 2.45) is 0 Å². The van der Waals surface area contributed by atoms with Crippen molar-refractivity contribution < 1.29 is 9.90 Å². The van der Waals surface area contributed by atoms with E-state index in [1.165, 1.54) is 11.9 Å². The molecule has 10 heteroatoms. The van der Waals surface area contributed by atoms with E-state index in [1.807, 2.05) is 12.1 Å². The molecule has 1 saturated heterocycles. The molecule has 1 aliphatic heterocycles. The Morgan fingerprint density at radius 1 is 1.11 bits per heavy atom. The van der Waals surface area contributed by atoms with E-state index in [1.54, 1.807) is 43.1 Å². The molecule has 194 valence electrons. The van der Waals surface area contributed by atoms with Crippen LogP contribution in [-0.2, 0) is 5.60 Å². The number of hydrogen-bond acceptors (Lipinski definition) is 10. The molecule has 0 amide bonds. The van der Waals surface area contributed by atoms with Crippen LogP contribution < -0.4 is 20.7 Å². The van der Waals surface area contributed by atoms with Crippen molar-refractivity contribution in [1.82, 2.24) is 25.3 Å². The van der Waals surface area contributed by atoms with E-state index < -0.39 is 5.60 Å². The number of benzene rings is 1. The van der Waals surface area contributed by atoms with Gasteiger partial charge < -0.3 is 20.2 Å². The molecule has 4 rings (SSSR count). The number of likely N-dealkylation sites (N-methyl/N-ethyl adjacent to an activating group) is 1. The molecule has 37 heavy (non-hydrogen) atoms. The zero-order valence-electron chi connectivity index (χ0n) is 21.6. The van der Waals surface area contributed by atoms with Gasteiger partial charge in [-0.25, -0.2) is 20.4 Å². The van der Waals surface area contributed by atoms with Gasteiger partial charge in [0.15, 0.2) is 12.1 Å². The third kappa shape index (κ3) is 6.48. The van der Waals surface area contributed by atoms with Gasteiger partial charge in [-0.15, -0.1) is 6.58 Å². The van der Waals surface area contributed by atoms with Crippen molar-refractivity contribution in [3.8, 4) is 0 Å². The minimum atomic E-state index is -1.14. The van der Waals surface area contributed by atoms with Crippen LogP contribution in [0.1, 0.15) is 29.9 Å². The topological polar surface area (TPSA) is 110 Å². The van der Waals surface area contributed by atoms with E-state index in [0.29, 0.717) is 36.1 Å². The molecule has 0 spiro atoms. The van der Waals surface area contributed by atoms with Crippen LogP contribution >= 0.6 is 0 Å². The van der Waals surface area contributed by atoms with Crippen molar-refractivity contribution in [1.29, 1.82) is 0 Å². The number of nitrogens with one attached hydrogen (secondary N) is 2. The van der Waals surface area contributed by atoms with Gasteiger partial charge in [-0.1, -0.05) is 12.1 Å². The second-order valence-corrected chi connectivity index (χ2v) is 9.48. The number of aldehydes is 1. The third-order valence-corrected chi connectivity index (χ3v) is 6.11. The van der Waals surface area contributed by atoms with Gasteiger partial charge in [0.2, 0.25) is 5.95 Å². The first kappa shape index (κ1) is 26.2. The van der Waals surface area contributed by atoms with E-state index in [-0.39, 0.29) is 5.56 Å². The summed E-state index contributed by atoms with van der Waals surface area (Å²) in [5, 5.41) is 15.3. The predicted molar refractivity (Wildman–Crippen MR) is 147 cm³/mol. The number of pyridine rings is 1. The molecule has 2 aromatic heterocycles. The fourth-order valence-corrected chi connectivity index (χ4v) is 3.96. The van der Waals surface area contributed by atoms with Crippen LogP contribution in [0.5, 0.6) is 0 Å². The summed E-state index contributed by atoms with van der Waals surface area (Å²) in [6.45, 7) is 11.6. The molecule has 3 heterocycles. The van der Waals surface area contributed by atoms with Gasteiger partial charge in [0.25, 0.3) is 0 Å². The Balaban J connectivity index is 1.61. The van der Waals surface area contributed by atoms with Crippen molar-refractivity contribution >= 4 is 35.2 Å². The molecule has 0 unspecified atom stereocenters. The third-order valence-electron chi connectivity index (χ3n) is 6.11. The van der Waals surface area contributed by atoms with Crippen LogP contribution in [0.25, 0.3) is 0 Å². The zero-order valence-corrected chi connectivity index (χ0v) is 21.6. The van der Waals surface area contributed by atoms with Crippen molar-refractivity contribution in [2.45, 2.75) is 19.4 Å². The normalized spacial score (nSPS) is 14.3. The molecule has 0 bridgehead atoms. The van der Waals surface area contributed by atoms with Gasteiger partial charge in [0.1, 0.15) is 11.4 Å². The standard InChI is InChI=1S/C27H34N8O2/c1-5-13-29-35(24-8-6-7-23(31-24)27(2,3)37)25-20(19-36)18-28-26(32-25)30-21-9-11-22(12-10-21)34-16-14-33(4)15-17-34/h5-12,18-19,29,37H,1,13-17H2,2-4H3,(H,28,30,32). The molecule has 1 aromatic carbocycles. The first-order chi connectivity index (χ1) is 17.8. The van der Waals surface area contributed by atoms with Crippen molar-refractivity contribution in [3.05, 3.63) is 72.6 Å². The quantitative estimate of drug-likeness (QED) is 0.217. The van der Waals surface area contributed by atoms with E-state index >= 15 is 0 Å². The predicted octanol–water partition coefficient (Wildman–Crippen LogP) is 3.24. The maximum Gasteiger partial charge on any atom is 0.229 e. The minimum absolute atomic E-state index is 0.281. The van der Waals surface area contributed by atoms with Gasteiger partial charge in [-0.05, 0) is 57.3 Å². The monoisotopic (exact) mass is 502 g/mol. The van der Waals surface area contributed by atoms with Crippen LogP contribution in [0, 0.1) is 0 Å². The lowest BCUT2D eigenvalue weighted by atomic mass is 10.1. The van der Waals surface area contributed by atoms with Gasteiger partial charge in [0.05, 0.1) is 11.3 Å². The summed E-state index contributed by atoms with van der Waals surface area (Å²) in [7, 11) is 2.14. The number of carbonyl (C=O) groups is 1. The van der Waals surface area contributed by atoms with Crippen LogP contribution in [0.15, 0.2) is 61.3 Å². The maximum absolute atomic E-state index is 11.9. The highest BCUT2D eigenvalue weighted by molar-refractivity contribution is 5.84. The molecule has 0 atom stereocenters. The van der Waals surface area contributed by atoms with Gasteiger partial charge >= 0.3 is 0 Å². The van der Waals surface area contributed by atoms with Crippen molar-refractivity contribution in [2.75, 3.05) is 55.0 Å². The first-order valence-corrected chi connectivity index (χ1v) is 12.3. The average molecular weight is 503 g/mol. The number of hydrazine groups is 1. The lowest BCUT2D eigenvalue weighted by Crippen LogP contribution is -2.44. The summed E-state index contributed by atoms with van der Waals surface area (Å²) in [5.74, 6) is 1.12. The second-order valence-electron chi connectivity index (χ2n) is 9.48. The SMILES string of the molecule is C=CCNN(c1cccc(C(C)(C)O)n1)c1nc(Nc2ccc(N3CCN(C)CC3)cc2)ncc1C=O. The Labute approximate surface area is 217 Å². The summed E-state index contributed by atoms with van der Waals surface area (Å²) in [5.41, 5.74) is 4.81. The summed E-state index contributed by atoms with van der Waals surface area (Å²) in [6, 6.07) is 13.5. The van der Waals surface area contributed by atoms with Crippen LogP contribution in [0.4, 0.5) is 29.0 Å². The summed E-state index contributed by atoms with van der Waals surface area (Å²) in [4.78, 5) is 30.2. The highest BCUT2D eigenvalue weighted by atomic mass is 16.3. The fraction of sp³-hybridized carbons (Fsp3) is 0.333. The molecular formula is C27H34N8O2. The fourth-order valence-electron chi connectivity index (χ4n) is 3.96. The van der Waals surface area contributed by atoms with Gasteiger partial charge in [-0.2, -0.15) is 4.98 Å². The van der Waals surface area contributed by atoms with E-state index in [9.17, 15) is 9.90 Å². The van der Waals surface area contributed by atoms with Crippen molar-refractivity contribution in [3.63, 3.8) is 0 Å².